The summed E-state index contributed by atoms with van der Waals surface area (Å²) in [7, 11) is 0. The smallest absolute Gasteiger partial charge is 0.326 e. The predicted molar refractivity (Wildman–Crippen MR) is 58.3 cm³/mol. The number of carboxylic acids is 1. The molecule has 1 saturated heterocycles. The summed E-state index contributed by atoms with van der Waals surface area (Å²) >= 11 is 0. The number of amides is 1. The first-order valence-electron chi connectivity index (χ1n) is 5.39. The Kier molecular flexibility index (Phi) is 3.27. The van der Waals surface area contributed by atoms with Gasteiger partial charge in [0.2, 0.25) is 5.91 Å². The Morgan fingerprint density at radius 2 is 1.94 bits per heavy atom. The Labute approximate surface area is 102 Å². The third kappa shape index (κ3) is 2.32. The van der Waals surface area contributed by atoms with Gasteiger partial charge in [-0.1, -0.05) is 24.3 Å². The maximum atomic E-state index is 12.4. The molecule has 0 bridgehead atoms. The summed E-state index contributed by atoms with van der Waals surface area (Å²) in [6.45, 7) is 0. The lowest BCUT2D eigenvalue weighted by Crippen LogP contribution is -2.36. The van der Waals surface area contributed by atoms with Gasteiger partial charge >= 0.3 is 5.97 Å². The van der Waals surface area contributed by atoms with Crippen molar-refractivity contribution in [3.8, 4) is 0 Å². The first kappa shape index (κ1) is 12.5. The second-order valence-electron chi connectivity index (χ2n) is 4.16. The third-order valence-corrected chi connectivity index (χ3v) is 3.01. The normalized spacial score (nSPS) is 23.2. The number of carboxylic acid groups (broad SMARTS) is 1. The molecule has 96 valence electrons. The maximum absolute atomic E-state index is 12.4. The van der Waals surface area contributed by atoms with E-state index < -0.39 is 24.4 Å². The number of halogens is 2. The zero-order valence-corrected chi connectivity index (χ0v) is 9.27. The lowest BCUT2D eigenvalue weighted by atomic mass is 9.91. The average Bonchev–Trinajstić information content (AvgIpc) is 2.71. The van der Waals surface area contributed by atoms with E-state index in [0.29, 0.717) is 5.56 Å². The van der Waals surface area contributed by atoms with Crippen LogP contribution in [0.2, 0.25) is 0 Å². The standard InChI is InChI=1S/C12H11F2NO3/c13-11(14)7-3-1-6(2-4-7)8-5-9(16)15-10(8)12(17)18/h1-4,8,10-11H,5H2,(H,15,16)(H,17,18). The molecule has 0 spiro atoms. The van der Waals surface area contributed by atoms with Gasteiger partial charge in [-0.3, -0.25) is 4.79 Å². The Morgan fingerprint density at radius 1 is 1.33 bits per heavy atom. The molecule has 1 aromatic rings. The Balaban J connectivity index is 2.24. The minimum atomic E-state index is -2.56. The van der Waals surface area contributed by atoms with Crippen LogP contribution in [-0.4, -0.2) is 23.0 Å². The highest BCUT2D eigenvalue weighted by molar-refractivity contribution is 5.89. The van der Waals surface area contributed by atoms with Gasteiger partial charge in [-0.15, -0.1) is 0 Å². The molecule has 1 amide bonds. The fourth-order valence-electron chi connectivity index (χ4n) is 2.08. The van der Waals surface area contributed by atoms with Gasteiger partial charge in [0, 0.05) is 17.9 Å². The summed E-state index contributed by atoms with van der Waals surface area (Å²) in [5, 5.41) is 11.3. The zero-order chi connectivity index (χ0) is 13.3. The van der Waals surface area contributed by atoms with Crippen LogP contribution in [0.1, 0.15) is 29.9 Å². The van der Waals surface area contributed by atoms with Gasteiger partial charge in [0.15, 0.2) is 0 Å². The molecular weight excluding hydrogens is 244 g/mol. The molecule has 2 N–H and O–H groups in total. The highest BCUT2D eigenvalue weighted by Gasteiger charge is 2.38. The van der Waals surface area contributed by atoms with Gasteiger partial charge in [-0.05, 0) is 5.56 Å². The minimum Gasteiger partial charge on any atom is -0.480 e. The second kappa shape index (κ2) is 4.72. The predicted octanol–water partition coefficient (Wildman–Crippen LogP) is 1.68. The van der Waals surface area contributed by atoms with Crippen molar-refractivity contribution < 1.29 is 23.5 Å². The van der Waals surface area contributed by atoms with Crippen LogP contribution in [-0.2, 0) is 9.59 Å². The average molecular weight is 255 g/mol. The number of nitrogens with one attached hydrogen (secondary N) is 1. The fourth-order valence-corrected chi connectivity index (χ4v) is 2.08. The molecule has 0 aromatic heterocycles. The highest BCUT2D eigenvalue weighted by atomic mass is 19.3. The maximum Gasteiger partial charge on any atom is 0.326 e. The Morgan fingerprint density at radius 3 is 2.44 bits per heavy atom. The van der Waals surface area contributed by atoms with Crippen LogP contribution in [0.3, 0.4) is 0 Å². The van der Waals surface area contributed by atoms with Crippen molar-refractivity contribution in [1.29, 1.82) is 0 Å². The van der Waals surface area contributed by atoms with Gasteiger partial charge in [0.05, 0.1) is 0 Å². The molecule has 0 saturated carbocycles. The zero-order valence-electron chi connectivity index (χ0n) is 9.27. The van der Waals surface area contributed by atoms with E-state index >= 15 is 0 Å². The van der Waals surface area contributed by atoms with Crippen molar-refractivity contribution in [2.24, 2.45) is 0 Å². The van der Waals surface area contributed by atoms with E-state index in [-0.39, 0.29) is 17.9 Å². The molecule has 4 nitrogen and oxygen atoms in total. The molecule has 0 aliphatic carbocycles. The molecule has 2 atom stereocenters. The lowest BCUT2D eigenvalue weighted by molar-refractivity contribution is -0.140. The number of carbonyl (C=O) groups excluding carboxylic acids is 1. The lowest BCUT2D eigenvalue weighted by Gasteiger charge is -2.15. The summed E-state index contributed by atoms with van der Waals surface area (Å²) in [6, 6.07) is 4.41. The molecule has 1 heterocycles. The van der Waals surface area contributed by atoms with E-state index in [0.717, 1.165) is 0 Å². The first-order chi connectivity index (χ1) is 8.49. The van der Waals surface area contributed by atoms with Crippen molar-refractivity contribution in [3.05, 3.63) is 35.4 Å². The van der Waals surface area contributed by atoms with Crippen LogP contribution in [0, 0.1) is 0 Å². The fraction of sp³-hybridized carbons (Fsp3) is 0.333. The summed E-state index contributed by atoms with van der Waals surface area (Å²) in [6.07, 6.45) is -2.50. The van der Waals surface area contributed by atoms with E-state index in [1.807, 2.05) is 0 Å². The molecule has 18 heavy (non-hydrogen) atoms. The van der Waals surface area contributed by atoms with Crippen molar-refractivity contribution in [1.82, 2.24) is 5.32 Å². The van der Waals surface area contributed by atoms with Crippen LogP contribution in [0.4, 0.5) is 8.78 Å². The Hall–Kier alpha value is -1.98. The molecule has 1 aliphatic heterocycles. The van der Waals surface area contributed by atoms with Crippen LogP contribution in [0.5, 0.6) is 0 Å². The van der Waals surface area contributed by atoms with Crippen molar-refractivity contribution in [3.63, 3.8) is 0 Å². The van der Waals surface area contributed by atoms with Gasteiger partial charge in [0.25, 0.3) is 6.43 Å². The molecule has 2 unspecified atom stereocenters. The number of carbonyl (C=O) groups is 2. The number of hydrogen-bond donors (Lipinski definition) is 2. The van der Waals surface area contributed by atoms with Crippen LogP contribution >= 0.6 is 0 Å². The van der Waals surface area contributed by atoms with E-state index in [4.69, 9.17) is 5.11 Å². The van der Waals surface area contributed by atoms with E-state index in [2.05, 4.69) is 5.32 Å². The molecule has 0 radical (unpaired) electrons. The molecular formula is C12H11F2NO3. The van der Waals surface area contributed by atoms with E-state index in [9.17, 15) is 18.4 Å². The van der Waals surface area contributed by atoms with Crippen LogP contribution in [0.25, 0.3) is 0 Å². The molecule has 1 aromatic carbocycles. The monoisotopic (exact) mass is 255 g/mol. The van der Waals surface area contributed by atoms with Crippen molar-refractivity contribution in [2.75, 3.05) is 0 Å². The van der Waals surface area contributed by atoms with Gasteiger partial charge < -0.3 is 10.4 Å². The van der Waals surface area contributed by atoms with E-state index in [1.54, 1.807) is 0 Å². The van der Waals surface area contributed by atoms with Gasteiger partial charge in [-0.25, -0.2) is 13.6 Å². The number of aliphatic carboxylic acids is 1. The largest absolute Gasteiger partial charge is 0.480 e. The minimum absolute atomic E-state index is 0.0605. The summed E-state index contributed by atoms with van der Waals surface area (Å²) in [5.41, 5.74) is 0.452. The van der Waals surface area contributed by atoms with Crippen molar-refractivity contribution >= 4 is 11.9 Å². The van der Waals surface area contributed by atoms with Gasteiger partial charge in [-0.2, -0.15) is 0 Å². The number of benzene rings is 1. The Bertz CT molecular complexity index is 473. The molecule has 2 rings (SSSR count). The number of rotatable bonds is 3. The highest BCUT2D eigenvalue weighted by Crippen LogP contribution is 2.30. The first-order valence-corrected chi connectivity index (χ1v) is 5.39. The second-order valence-corrected chi connectivity index (χ2v) is 4.16. The summed E-state index contributed by atoms with van der Waals surface area (Å²) < 4.78 is 24.8. The topological polar surface area (TPSA) is 66.4 Å². The SMILES string of the molecule is O=C1CC(c2ccc(C(F)F)cc2)C(C(=O)O)N1. The van der Waals surface area contributed by atoms with E-state index in [1.165, 1.54) is 24.3 Å². The molecule has 1 aliphatic rings. The van der Waals surface area contributed by atoms with Gasteiger partial charge in [0.1, 0.15) is 6.04 Å². The number of alkyl halides is 2. The summed E-state index contributed by atoms with van der Waals surface area (Å²) in [5.74, 6) is -1.98. The third-order valence-electron chi connectivity index (χ3n) is 3.01. The molecule has 1 fully saturated rings. The molecule has 6 heteroatoms. The summed E-state index contributed by atoms with van der Waals surface area (Å²) in [4.78, 5) is 22.2. The van der Waals surface area contributed by atoms with Crippen LogP contribution in [0.15, 0.2) is 24.3 Å². The quantitative estimate of drug-likeness (QED) is 0.863. The number of hydrogen-bond acceptors (Lipinski definition) is 2. The van der Waals surface area contributed by atoms with Crippen molar-refractivity contribution in [2.45, 2.75) is 24.8 Å². The van der Waals surface area contributed by atoms with Crippen LogP contribution < -0.4 is 5.32 Å².